The zero-order valence-electron chi connectivity index (χ0n) is 10.9. The third kappa shape index (κ3) is 3.82. The topological polar surface area (TPSA) is 65.8 Å². The summed E-state index contributed by atoms with van der Waals surface area (Å²) in [6.07, 6.45) is -3.21. The van der Waals surface area contributed by atoms with Gasteiger partial charge in [-0.15, -0.1) is 0 Å². The Kier molecular flexibility index (Phi) is 4.46. The van der Waals surface area contributed by atoms with Gasteiger partial charge < -0.3 is 5.32 Å². The van der Waals surface area contributed by atoms with Gasteiger partial charge in [-0.1, -0.05) is 23.7 Å². The number of carbonyl (C=O) groups is 1. The van der Waals surface area contributed by atoms with Crippen LogP contribution in [0.25, 0.3) is 0 Å². The molecule has 0 aliphatic heterocycles. The fraction of sp³-hybridized carbons (Fsp3) is 0.0714. The molecule has 2 aromatic rings. The SMILES string of the molecule is N=C(NC(=O)c1ccc(Cl)nc1)c1ccc(C(F)(F)F)cc1. The molecule has 22 heavy (non-hydrogen) atoms. The molecule has 0 atom stereocenters. The first-order valence-electron chi connectivity index (χ1n) is 5.96. The molecule has 0 aliphatic rings. The van der Waals surface area contributed by atoms with Crippen molar-refractivity contribution in [1.82, 2.24) is 10.3 Å². The lowest BCUT2D eigenvalue weighted by molar-refractivity contribution is -0.137. The molecular weight excluding hydrogens is 319 g/mol. The molecule has 1 amide bonds. The van der Waals surface area contributed by atoms with Gasteiger partial charge in [-0.25, -0.2) is 4.98 Å². The van der Waals surface area contributed by atoms with Crippen LogP contribution in [0.4, 0.5) is 13.2 Å². The van der Waals surface area contributed by atoms with Crippen LogP contribution in [-0.4, -0.2) is 16.7 Å². The Balaban J connectivity index is 2.09. The van der Waals surface area contributed by atoms with Crippen LogP contribution in [0.2, 0.25) is 5.15 Å². The van der Waals surface area contributed by atoms with Crippen LogP contribution in [0, 0.1) is 5.41 Å². The standard InChI is InChI=1S/C14H9ClF3N3O/c15-11-6-3-9(7-20-11)13(22)21-12(19)8-1-4-10(5-2-8)14(16,17)18/h1-7H,(H2,19,21,22). The largest absolute Gasteiger partial charge is 0.416 e. The number of hydrogen-bond acceptors (Lipinski definition) is 3. The zero-order chi connectivity index (χ0) is 16.3. The van der Waals surface area contributed by atoms with Crippen molar-refractivity contribution in [2.75, 3.05) is 0 Å². The molecule has 0 unspecified atom stereocenters. The smallest absolute Gasteiger partial charge is 0.306 e. The molecule has 0 bridgehead atoms. The van der Waals surface area contributed by atoms with Crippen molar-refractivity contribution >= 4 is 23.3 Å². The number of alkyl halides is 3. The predicted molar refractivity (Wildman–Crippen MR) is 75.0 cm³/mol. The number of benzene rings is 1. The highest BCUT2D eigenvalue weighted by Crippen LogP contribution is 2.29. The van der Waals surface area contributed by atoms with Gasteiger partial charge in [0.25, 0.3) is 5.91 Å². The minimum absolute atomic E-state index is 0.156. The number of carbonyl (C=O) groups excluding carboxylic acids is 1. The summed E-state index contributed by atoms with van der Waals surface area (Å²) in [5.41, 5.74) is -0.485. The number of aromatic nitrogens is 1. The Morgan fingerprint density at radius 3 is 2.18 bits per heavy atom. The summed E-state index contributed by atoms with van der Waals surface area (Å²) >= 11 is 5.59. The van der Waals surface area contributed by atoms with Gasteiger partial charge in [-0.2, -0.15) is 13.2 Å². The quantitative estimate of drug-likeness (QED) is 0.503. The summed E-state index contributed by atoms with van der Waals surface area (Å²) in [6, 6.07) is 6.76. The second kappa shape index (κ2) is 6.15. The predicted octanol–water partition coefficient (Wildman–Crippen LogP) is 3.51. The first-order chi connectivity index (χ1) is 10.3. The van der Waals surface area contributed by atoms with Gasteiger partial charge in [0.1, 0.15) is 11.0 Å². The molecule has 114 valence electrons. The van der Waals surface area contributed by atoms with Crippen LogP contribution in [0.1, 0.15) is 21.5 Å². The molecule has 4 nitrogen and oxygen atoms in total. The van der Waals surface area contributed by atoms with E-state index >= 15 is 0 Å². The molecular formula is C14H9ClF3N3O. The Labute approximate surface area is 128 Å². The van der Waals surface area contributed by atoms with Crippen molar-refractivity contribution in [2.24, 2.45) is 0 Å². The maximum Gasteiger partial charge on any atom is 0.416 e. The molecule has 1 heterocycles. The average molecular weight is 328 g/mol. The van der Waals surface area contributed by atoms with Crippen LogP contribution in [0.5, 0.6) is 0 Å². The summed E-state index contributed by atoms with van der Waals surface area (Å²) in [4.78, 5) is 15.6. The third-order valence-corrected chi connectivity index (χ3v) is 2.95. The van der Waals surface area contributed by atoms with Crippen molar-refractivity contribution in [3.05, 3.63) is 64.4 Å². The van der Waals surface area contributed by atoms with Crippen LogP contribution < -0.4 is 5.32 Å². The molecule has 1 aromatic carbocycles. The van der Waals surface area contributed by atoms with Gasteiger partial charge in [-0.05, 0) is 24.3 Å². The highest BCUT2D eigenvalue weighted by atomic mass is 35.5. The molecule has 0 radical (unpaired) electrons. The van der Waals surface area contributed by atoms with E-state index in [-0.39, 0.29) is 22.1 Å². The Bertz CT molecular complexity index is 697. The van der Waals surface area contributed by atoms with Gasteiger partial charge in [0.2, 0.25) is 0 Å². The minimum Gasteiger partial charge on any atom is -0.306 e. The van der Waals surface area contributed by atoms with Crippen LogP contribution >= 0.6 is 11.6 Å². The summed E-state index contributed by atoms with van der Waals surface area (Å²) in [7, 11) is 0. The molecule has 0 spiro atoms. The zero-order valence-corrected chi connectivity index (χ0v) is 11.7. The highest BCUT2D eigenvalue weighted by molar-refractivity contribution is 6.29. The summed E-state index contributed by atoms with van der Waals surface area (Å²) in [5.74, 6) is -0.914. The Morgan fingerprint density at radius 2 is 1.68 bits per heavy atom. The van der Waals surface area contributed by atoms with E-state index in [1.165, 1.54) is 18.3 Å². The molecule has 2 N–H and O–H groups in total. The van der Waals surface area contributed by atoms with E-state index in [0.717, 1.165) is 24.3 Å². The van der Waals surface area contributed by atoms with Gasteiger partial charge in [-0.3, -0.25) is 10.2 Å². The molecule has 0 fully saturated rings. The van der Waals surface area contributed by atoms with E-state index in [1.807, 2.05) is 0 Å². The maximum atomic E-state index is 12.4. The molecule has 2 rings (SSSR count). The number of halogens is 4. The normalized spacial score (nSPS) is 11.1. The molecule has 8 heteroatoms. The van der Waals surface area contributed by atoms with Crippen molar-refractivity contribution in [1.29, 1.82) is 5.41 Å². The number of pyridine rings is 1. The Morgan fingerprint density at radius 1 is 1.09 bits per heavy atom. The van der Waals surface area contributed by atoms with Gasteiger partial charge in [0.15, 0.2) is 0 Å². The van der Waals surface area contributed by atoms with E-state index in [9.17, 15) is 18.0 Å². The first-order valence-corrected chi connectivity index (χ1v) is 6.34. The number of amides is 1. The lowest BCUT2D eigenvalue weighted by Crippen LogP contribution is -2.30. The number of nitrogens with zero attached hydrogens (tertiary/aromatic N) is 1. The van der Waals surface area contributed by atoms with Crippen molar-refractivity contribution in [2.45, 2.75) is 6.18 Å². The van der Waals surface area contributed by atoms with Crippen molar-refractivity contribution < 1.29 is 18.0 Å². The lowest BCUT2D eigenvalue weighted by Gasteiger charge is -2.09. The Hall–Kier alpha value is -2.41. The van der Waals surface area contributed by atoms with Crippen LogP contribution in [-0.2, 0) is 6.18 Å². The fourth-order valence-electron chi connectivity index (χ4n) is 1.59. The van der Waals surface area contributed by atoms with Crippen molar-refractivity contribution in [3.8, 4) is 0 Å². The second-order valence-corrected chi connectivity index (χ2v) is 4.66. The summed E-state index contributed by atoms with van der Waals surface area (Å²) in [5, 5.41) is 10.2. The highest BCUT2D eigenvalue weighted by Gasteiger charge is 2.30. The number of hydrogen-bond donors (Lipinski definition) is 2. The summed E-state index contributed by atoms with van der Waals surface area (Å²) < 4.78 is 37.3. The lowest BCUT2D eigenvalue weighted by atomic mass is 10.1. The second-order valence-electron chi connectivity index (χ2n) is 4.27. The average Bonchev–Trinajstić information content (AvgIpc) is 2.47. The molecule has 1 aromatic heterocycles. The molecule has 0 saturated carbocycles. The van der Waals surface area contributed by atoms with E-state index in [4.69, 9.17) is 17.0 Å². The summed E-state index contributed by atoms with van der Waals surface area (Å²) in [6.45, 7) is 0. The number of amidine groups is 1. The fourth-order valence-corrected chi connectivity index (χ4v) is 1.71. The van der Waals surface area contributed by atoms with Crippen LogP contribution in [0.15, 0.2) is 42.6 Å². The maximum absolute atomic E-state index is 12.4. The number of nitrogens with one attached hydrogen (secondary N) is 2. The minimum atomic E-state index is -4.45. The van der Waals surface area contributed by atoms with E-state index in [2.05, 4.69) is 10.3 Å². The van der Waals surface area contributed by atoms with E-state index in [0.29, 0.717) is 0 Å². The van der Waals surface area contributed by atoms with Gasteiger partial charge in [0, 0.05) is 11.8 Å². The van der Waals surface area contributed by atoms with Crippen molar-refractivity contribution in [3.63, 3.8) is 0 Å². The van der Waals surface area contributed by atoms with Gasteiger partial charge in [0.05, 0.1) is 11.1 Å². The monoisotopic (exact) mass is 327 g/mol. The third-order valence-electron chi connectivity index (χ3n) is 2.73. The van der Waals surface area contributed by atoms with Gasteiger partial charge >= 0.3 is 6.18 Å². The van der Waals surface area contributed by atoms with E-state index < -0.39 is 17.6 Å². The van der Waals surface area contributed by atoms with E-state index in [1.54, 1.807) is 0 Å². The molecule has 0 saturated heterocycles. The number of rotatable bonds is 2. The first kappa shape index (κ1) is 16.0. The molecule has 0 aliphatic carbocycles. The van der Waals surface area contributed by atoms with Crippen LogP contribution in [0.3, 0.4) is 0 Å².